The predicted molar refractivity (Wildman–Crippen MR) is 116 cm³/mol. The maximum absolute atomic E-state index is 8.57. The molecule has 0 radical (unpaired) electrons. The first-order valence-corrected chi connectivity index (χ1v) is 12.4. The van der Waals surface area contributed by atoms with Crippen LogP contribution in [0.15, 0.2) is 0 Å². The van der Waals surface area contributed by atoms with Crippen LogP contribution in [0, 0.1) is 0 Å². The van der Waals surface area contributed by atoms with E-state index in [-0.39, 0.29) is 72.3 Å². The standard InChI is InChI=1S/C12H26O.C8H18O5.2Na.H2O4S/c1-2-3-4-5-6-7-8-9-10-11-12-13;9-1-3-11-5-7-13-8-6-12-4-2-10;;;1-5(2,3)4/h13H,2-12H2,1H3;9-10H,1-8H2;;;(H2,1,2,3,4)/q;;2*+1;/p-2. The first-order valence-electron chi connectivity index (χ1n) is 11.1. The zero-order chi connectivity index (χ0) is 24.1. The van der Waals surface area contributed by atoms with E-state index in [0.29, 0.717) is 46.2 Å². The fourth-order valence-electron chi connectivity index (χ4n) is 2.27. The van der Waals surface area contributed by atoms with Crippen molar-refractivity contribution in [1.82, 2.24) is 0 Å². The SMILES string of the molecule is CCCCCCCCCCCCO.O=S(=O)([O-])[O-].OCCOCCOCCOCCO.[Na+].[Na+]. The van der Waals surface area contributed by atoms with Gasteiger partial charge in [-0.2, -0.15) is 0 Å². The van der Waals surface area contributed by atoms with Crippen LogP contribution in [-0.4, -0.2) is 92.3 Å². The van der Waals surface area contributed by atoms with Crippen LogP contribution in [-0.2, 0) is 24.6 Å². The van der Waals surface area contributed by atoms with Crippen molar-refractivity contribution in [3.63, 3.8) is 0 Å². The molecule has 0 bridgehead atoms. The predicted octanol–water partition coefficient (Wildman–Crippen LogP) is -4.41. The molecule has 0 aliphatic rings. The van der Waals surface area contributed by atoms with E-state index in [4.69, 9.17) is 47.1 Å². The number of unbranched alkanes of at least 4 members (excludes halogenated alkanes) is 9. The van der Waals surface area contributed by atoms with Gasteiger partial charge in [0.2, 0.25) is 0 Å². The van der Waals surface area contributed by atoms with E-state index in [1.54, 1.807) is 0 Å². The van der Waals surface area contributed by atoms with E-state index >= 15 is 0 Å². The van der Waals surface area contributed by atoms with Crippen molar-refractivity contribution in [3.8, 4) is 0 Å². The van der Waals surface area contributed by atoms with Gasteiger partial charge in [0.25, 0.3) is 0 Å². The molecule has 10 nitrogen and oxygen atoms in total. The Kier molecular flexibility index (Phi) is 55.1. The van der Waals surface area contributed by atoms with Gasteiger partial charge in [0.05, 0.1) is 52.9 Å². The molecule has 0 rings (SSSR count). The van der Waals surface area contributed by atoms with Gasteiger partial charge < -0.3 is 38.6 Å². The van der Waals surface area contributed by atoms with Crippen molar-refractivity contribution >= 4 is 10.4 Å². The third-order valence-corrected chi connectivity index (χ3v) is 3.73. The van der Waals surface area contributed by atoms with Gasteiger partial charge in [-0.15, -0.1) is 0 Å². The number of ether oxygens (including phenoxy) is 3. The molecule has 0 aromatic heterocycles. The zero-order valence-corrected chi connectivity index (χ0v) is 25.9. The van der Waals surface area contributed by atoms with E-state index in [1.165, 1.54) is 57.8 Å². The van der Waals surface area contributed by atoms with Crippen molar-refractivity contribution in [2.24, 2.45) is 0 Å². The molecule has 0 atom stereocenters. The number of aliphatic hydroxyl groups is 3. The monoisotopic (exact) mass is 522 g/mol. The quantitative estimate of drug-likeness (QED) is 0.0614. The number of aliphatic hydroxyl groups excluding tert-OH is 3. The van der Waals surface area contributed by atoms with Gasteiger partial charge in [0.1, 0.15) is 0 Å². The van der Waals surface area contributed by atoms with Crippen LogP contribution in [0.2, 0.25) is 0 Å². The maximum atomic E-state index is 8.57. The van der Waals surface area contributed by atoms with Gasteiger partial charge in [-0.3, -0.25) is 8.42 Å². The molecule has 0 saturated heterocycles. The number of hydrogen-bond donors (Lipinski definition) is 3. The fourth-order valence-corrected chi connectivity index (χ4v) is 2.27. The average molecular weight is 523 g/mol. The molecule has 0 aromatic rings. The third kappa shape index (κ3) is 71.9. The van der Waals surface area contributed by atoms with Gasteiger partial charge >= 0.3 is 59.1 Å². The molecule has 3 N–H and O–H groups in total. The molecule has 0 unspecified atom stereocenters. The summed E-state index contributed by atoms with van der Waals surface area (Å²) in [7, 11) is -5.17. The Morgan fingerprint density at radius 2 is 0.818 bits per heavy atom. The molecule has 13 heteroatoms. The minimum Gasteiger partial charge on any atom is -0.759 e. The first kappa shape index (κ1) is 44.6. The summed E-state index contributed by atoms with van der Waals surface area (Å²) in [6, 6.07) is 0. The van der Waals surface area contributed by atoms with Crippen molar-refractivity contribution < 1.29 is 106 Å². The van der Waals surface area contributed by atoms with Crippen molar-refractivity contribution in [2.45, 2.75) is 71.1 Å². The molecule has 0 aliphatic heterocycles. The van der Waals surface area contributed by atoms with Gasteiger partial charge in [-0.05, 0) is 6.42 Å². The van der Waals surface area contributed by atoms with Crippen molar-refractivity contribution in [2.75, 3.05) is 59.5 Å². The second kappa shape index (κ2) is 40.8. The summed E-state index contributed by atoms with van der Waals surface area (Å²) in [5, 5.41) is 25.3. The zero-order valence-electron chi connectivity index (χ0n) is 21.0. The molecule has 0 saturated carbocycles. The van der Waals surface area contributed by atoms with Gasteiger partial charge in [-0.1, -0.05) is 64.7 Å². The molecular formula is C20H44Na2O10S. The molecule has 192 valence electrons. The summed E-state index contributed by atoms with van der Waals surface area (Å²) in [4.78, 5) is 0. The fraction of sp³-hybridized carbons (Fsp3) is 1.00. The second-order valence-electron chi connectivity index (χ2n) is 6.60. The molecule has 0 fully saturated rings. The molecular weight excluding hydrogens is 478 g/mol. The molecule has 0 aliphatic carbocycles. The Bertz CT molecular complexity index is 354. The minimum atomic E-state index is -5.17. The van der Waals surface area contributed by atoms with E-state index in [2.05, 4.69) is 6.92 Å². The van der Waals surface area contributed by atoms with Crippen LogP contribution >= 0.6 is 0 Å². The van der Waals surface area contributed by atoms with Crippen LogP contribution in [0.5, 0.6) is 0 Å². The van der Waals surface area contributed by atoms with E-state index in [9.17, 15) is 0 Å². The maximum Gasteiger partial charge on any atom is 1.00 e. The summed E-state index contributed by atoms with van der Waals surface area (Å²) >= 11 is 0. The Morgan fingerprint density at radius 1 is 0.545 bits per heavy atom. The van der Waals surface area contributed by atoms with Crippen LogP contribution in [0.25, 0.3) is 0 Å². The summed E-state index contributed by atoms with van der Waals surface area (Å²) in [5.41, 5.74) is 0. The number of rotatable bonds is 20. The average Bonchev–Trinajstić information content (AvgIpc) is 2.71. The van der Waals surface area contributed by atoms with Crippen LogP contribution < -0.4 is 59.1 Å². The van der Waals surface area contributed by atoms with Crippen molar-refractivity contribution in [1.29, 1.82) is 0 Å². The summed E-state index contributed by atoms with van der Waals surface area (Å²) < 4.78 is 49.1. The summed E-state index contributed by atoms with van der Waals surface area (Å²) in [5.74, 6) is 0. The van der Waals surface area contributed by atoms with E-state index in [0.717, 1.165) is 6.42 Å². The largest absolute Gasteiger partial charge is 1.00 e. The topological polar surface area (TPSA) is 169 Å². The normalized spacial score (nSPS) is 10.1. The number of hydrogen-bond acceptors (Lipinski definition) is 10. The van der Waals surface area contributed by atoms with Crippen LogP contribution in [0.3, 0.4) is 0 Å². The van der Waals surface area contributed by atoms with Crippen molar-refractivity contribution in [3.05, 3.63) is 0 Å². The smallest absolute Gasteiger partial charge is 0.759 e. The summed E-state index contributed by atoms with van der Waals surface area (Å²) in [6.07, 6.45) is 13.3. The molecule has 0 aromatic carbocycles. The summed E-state index contributed by atoms with van der Waals surface area (Å²) in [6.45, 7) is 5.39. The van der Waals surface area contributed by atoms with E-state index < -0.39 is 10.4 Å². The molecule has 0 spiro atoms. The van der Waals surface area contributed by atoms with Crippen LogP contribution in [0.4, 0.5) is 0 Å². The third-order valence-electron chi connectivity index (χ3n) is 3.73. The Labute approximate surface area is 245 Å². The van der Waals surface area contributed by atoms with Crippen LogP contribution in [0.1, 0.15) is 71.1 Å². The Balaban J connectivity index is -0.000000125. The van der Waals surface area contributed by atoms with Gasteiger partial charge in [-0.25, -0.2) is 0 Å². The molecule has 0 heterocycles. The Morgan fingerprint density at radius 3 is 1.09 bits per heavy atom. The van der Waals surface area contributed by atoms with Gasteiger partial charge in [0, 0.05) is 17.0 Å². The van der Waals surface area contributed by atoms with Gasteiger partial charge in [0.15, 0.2) is 0 Å². The first-order chi connectivity index (χ1) is 14.8. The second-order valence-corrected chi connectivity index (χ2v) is 7.41. The molecule has 33 heavy (non-hydrogen) atoms. The molecule has 0 amide bonds. The van der Waals surface area contributed by atoms with E-state index in [1.807, 2.05) is 0 Å². The minimum absolute atomic E-state index is 0. The Hall–Kier alpha value is 1.63.